The third-order valence-electron chi connectivity index (χ3n) is 3.32. The average molecular weight is 310 g/mol. The maximum absolute atomic E-state index is 12.3. The second-order valence-electron chi connectivity index (χ2n) is 5.11. The lowest BCUT2D eigenvalue weighted by Crippen LogP contribution is -2.13. The molecule has 0 spiro atoms. The maximum atomic E-state index is 12.3. The summed E-state index contributed by atoms with van der Waals surface area (Å²) in [5.74, 6) is -0.400. The van der Waals surface area contributed by atoms with Gasteiger partial charge in [-0.25, -0.2) is 4.79 Å². The summed E-state index contributed by atoms with van der Waals surface area (Å²) in [6.45, 7) is 3.39. The van der Waals surface area contributed by atoms with Crippen LogP contribution in [0.3, 0.4) is 0 Å². The largest absolute Gasteiger partial charge is 0.466 e. The van der Waals surface area contributed by atoms with Gasteiger partial charge in [0, 0.05) is 5.92 Å². The summed E-state index contributed by atoms with van der Waals surface area (Å²) < 4.78 is 34.4. The minimum atomic E-state index is -3.93. The summed E-state index contributed by atoms with van der Waals surface area (Å²) >= 11 is 0. The van der Waals surface area contributed by atoms with Crippen LogP contribution in [-0.4, -0.2) is 21.5 Å². The second kappa shape index (κ2) is 5.89. The van der Waals surface area contributed by atoms with Crippen molar-refractivity contribution >= 4 is 16.1 Å². The first-order chi connectivity index (χ1) is 9.85. The number of carbonyl (C=O) groups is 1. The van der Waals surface area contributed by atoms with Gasteiger partial charge in [-0.2, -0.15) is 8.42 Å². The van der Waals surface area contributed by atoms with Gasteiger partial charge < -0.3 is 8.92 Å². The molecule has 0 aromatic heterocycles. The van der Waals surface area contributed by atoms with E-state index in [0.717, 1.165) is 18.4 Å². The van der Waals surface area contributed by atoms with Crippen LogP contribution in [0.1, 0.15) is 25.3 Å². The Bertz CT molecular complexity index is 667. The van der Waals surface area contributed by atoms with E-state index >= 15 is 0 Å². The van der Waals surface area contributed by atoms with Gasteiger partial charge in [0.2, 0.25) is 0 Å². The van der Waals surface area contributed by atoms with E-state index in [4.69, 9.17) is 4.18 Å². The number of hydrogen-bond acceptors (Lipinski definition) is 5. The summed E-state index contributed by atoms with van der Waals surface area (Å²) in [5.41, 5.74) is 1.16. The highest BCUT2D eigenvalue weighted by Gasteiger charge is 2.34. The van der Waals surface area contributed by atoms with E-state index in [0.29, 0.717) is 0 Å². The van der Waals surface area contributed by atoms with E-state index in [2.05, 4.69) is 4.74 Å². The van der Waals surface area contributed by atoms with Gasteiger partial charge in [-0.15, -0.1) is 0 Å². The van der Waals surface area contributed by atoms with Crippen LogP contribution in [-0.2, 0) is 23.8 Å². The molecule has 5 nitrogen and oxygen atoms in total. The molecule has 0 saturated heterocycles. The van der Waals surface area contributed by atoms with E-state index in [-0.39, 0.29) is 22.1 Å². The van der Waals surface area contributed by atoms with Crippen molar-refractivity contribution in [1.82, 2.24) is 0 Å². The molecule has 1 fully saturated rings. The first-order valence-corrected chi connectivity index (χ1v) is 8.06. The third-order valence-corrected chi connectivity index (χ3v) is 4.57. The summed E-state index contributed by atoms with van der Waals surface area (Å²) in [4.78, 5) is 11.7. The average Bonchev–Trinajstić information content (AvgIpc) is 3.28. The molecule has 1 saturated carbocycles. The summed E-state index contributed by atoms with van der Waals surface area (Å²) in [6.07, 6.45) is 1.63. The van der Waals surface area contributed by atoms with Crippen LogP contribution < -0.4 is 0 Å². The molecule has 6 heteroatoms. The molecule has 0 radical (unpaired) electrons. The lowest BCUT2D eigenvalue weighted by Gasteiger charge is -2.12. The number of allylic oxidation sites excluding steroid dienone is 1. The topological polar surface area (TPSA) is 69.7 Å². The Hall–Kier alpha value is -1.82. The highest BCUT2D eigenvalue weighted by molar-refractivity contribution is 7.86. The van der Waals surface area contributed by atoms with Gasteiger partial charge in [0.05, 0.1) is 12.7 Å². The highest BCUT2D eigenvalue weighted by atomic mass is 32.2. The Morgan fingerprint density at radius 2 is 1.76 bits per heavy atom. The maximum Gasteiger partial charge on any atom is 0.338 e. The van der Waals surface area contributed by atoms with Crippen LogP contribution >= 0.6 is 0 Å². The predicted molar refractivity (Wildman–Crippen MR) is 76.9 cm³/mol. The van der Waals surface area contributed by atoms with Crippen LogP contribution in [0.25, 0.3) is 0 Å². The third kappa shape index (κ3) is 3.64. The van der Waals surface area contributed by atoms with Gasteiger partial charge in [-0.3, -0.25) is 0 Å². The SMILES string of the molecule is COC(=O)/C(C)=C(\OS(=O)(=O)c1ccc(C)cc1)C1CC1. The summed E-state index contributed by atoms with van der Waals surface area (Å²) in [5, 5.41) is 0. The first kappa shape index (κ1) is 15.6. The van der Waals surface area contributed by atoms with E-state index in [9.17, 15) is 13.2 Å². The van der Waals surface area contributed by atoms with Crippen molar-refractivity contribution in [1.29, 1.82) is 0 Å². The number of esters is 1. The first-order valence-electron chi connectivity index (χ1n) is 6.65. The van der Waals surface area contributed by atoms with Crippen LogP contribution in [0.2, 0.25) is 0 Å². The number of carbonyl (C=O) groups excluding carboxylic acids is 1. The Balaban J connectivity index is 2.32. The molecule has 21 heavy (non-hydrogen) atoms. The van der Waals surface area contributed by atoms with E-state index in [1.54, 1.807) is 12.1 Å². The van der Waals surface area contributed by atoms with E-state index in [1.165, 1.54) is 26.2 Å². The van der Waals surface area contributed by atoms with Gasteiger partial charge >= 0.3 is 16.1 Å². The Kier molecular flexibility index (Phi) is 4.37. The van der Waals surface area contributed by atoms with E-state index in [1.807, 2.05) is 6.92 Å². The molecule has 0 N–H and O–H groups in total. The lowest BCUT2D eigenvalue weighted by atomic mass is 10.2. The fourth-order valence-corrected chi connectivity index (χ4v) is 2.97. The van der Waals surface area contributed by atoms with Crippen LogP contribution in [0.4, 0.5) is 0 Å². The molecule has 1 aromatic carbocycles. The van der Waals surface area contributed by atoms with Crippen molar-refractivity contribution in [3.8, 4) is 0 Å². The number of hydrogen-bond donors (Lipinski definition) is 0. The lowest BCUT2D eigenvalue weighted by molar-refractivity contribution is -0.136. The van der Waals surface area contributed by atoms with Crippen molar-refractivity contribution in [2.24, 2.45) is 5.92 Å². The number of ether oxygens (including phenoxy) is 1. The Labute approximate surface area is 124 Å². The quantitative estimate of drug-likeness (QED) is 0.362. The molecule has 114 valence electrons. The standard InChI is InChI=1S/C15H18O5S/c1-10-4-8-13(9-5-10)21(17,18)20-14(12-6-7-12)11(2)15(16)19-3/h4-5,8-9,12H,6-7H2,1-3H3/b14-11-. The Morgan fingerprint density at radius 1 is 1.19 bits per heavy atom. The molecule has 0 amide bonds. The van der Waals surface area contributed by atoms with Crippen LogP contribution in [0.15, 0.2) is 40.5 Å². The predicted octanol–water partition coefficient (Wildman–Crippen LogP) is 2.56. The number of aryl methyl sites for hydroxylation is 1. The fraction of sp³-hybridized carbons (Fsp3) is 0.400. The Morgan fingerprint density at radius 3 is 2.24 bits per heavy atom. The normalized spacial score (nSPS) is 16.1. The minimum absolute atomic E-state index is 0.0238. The van der Waals surface area contributed by atoms with Crippen LogP contribution in [0.5, 0.6) is 0 Å². The molecule has 2 rings (SSSR count). The summed E-state index contributed by atoms with van der Waals surface area (Å²) in [7, 11) is -2.68. The zero-order valence-corrected chi connectivity index (χ0v) is 13.1. The highest BCUT2D eigenvalue weighted by Crippen LogP contribution is 2.40. The smallest absolute Gasteiger partial charge is 0.338 e. The molecule has 0 heterocycles. The fourth-order valence-electron chi connectivity index (χ4n) is 1.91. The molecular weight excluding hydrogens is 292 g/mol. The zero-order valence-electron chi connectivity index (χ0n) is 12.3. The van der Waals surface area contributed by atoms with Gasteiger partial charge in [-0.1, -0.05) is 17.7 Å². The number of methoxy groups -OCH3 is 1. The molecule has 0 atom stereocenters. The molecule has 0 bridgehead atoms. The van der Waals surface area contributed by atoms with Crippen LogP contribution in [0, 0.1) is 12.8 Å². The molecule has 1 aliphatic rings. The molecule has 0 unspecified atom stereocenters. The molecule has 0 aliphatic heterocycles. The van der Waals surface area contributed by atoms with Crippen molar-refractivity contribution < 1.29 is 22.1 Å². The summed E-state index contributed by atoms with van der Waals surface area (Å²) in [6, 6.07) is 6.37. The molecule has 1 aromatic rings. The van der Waals surface area contributed by atoms with Gasteiger partial charge in [0.15, 0.2) is 0 Å². The van der Waals surface area contributed by atoms with Crippen molar-refractivity contribution in [3.63, 3.8) is 0 Å². The zero-order chi connectivity index (χ0) is 15.6. The monoisotopic (exact) mass is 310 g/mol. The number of benzene rings is 1. The van der Waals surface area contributed by atoms with Crippen molar-refractivity contribution in [3.05, 3.63) is 41.2 Å². The second-order valence-corrected chi connectivity index (χ2v) is 6.65. The molecular formula is C15H18O5S. The van der Waals surface area contributed by atoms with E-state index < -0.39 is 16.1 Å². The van der Waals surface area contributed by atoms with Gasteiger partial charge in [0.25, 0.3) is 0 Å². The van der Waals surface area contributed by atoms with Gasteiger partial charge in [-0.05, 0) is 38.8 Å². The van der Waals surface area contributed by atoms with Crippen molar-refractivity contribution in [2.75, 3.05) is 7.11 Å². The van der Waals surface area contributed by atoms with Gasteiger partial charge in [0.1, 0.15) is 10.7 Å². The minimum Gasteiger partial charge on any atom is -0.466 e. The van der Waals surface area contributed by atoms with Crippen molar-refractivity contribution in [2.45, 2.75) is 31.6 Å². The number of rotatable bonds is 5. The molecule has 1 aliphatic carbocycles.